The summed E-state index contributed by atoms with van der Waals surface area (Å²) < 4.78 is 17.2. The third-order valence-electron chi connectivity index (χ3n) is 8.77. The zero-order valence-electron chi connectivity index (χ0n) is 25.0. The Balaban J connectivity index is 1.21. The summed E-state index contributed by atoms with van der Waals surface area (Å²) in [6, 6.07) is 20.9. The number of phenolic OH excluding ortho intramolecular Hbond substituents is 1. The van der Waals surface area contributed by atoms with Crippen molar-refractivity contribution in [3.63, 3.8) is 0 Å². The van der Waals surface area contributed by atoms with Crippen molar-refractivity contribution in [2.45, 2.75) is 51.5 Å². The molecule has 1 aliphatic heterocycles. The van der Waals surface area contributed by atoms with Crippen LogP contribution in [0.4, 0.5) is 5.69 Å². The molecule has 5 rings (SSSR count). The molecular weight excluding hydrogens is 512 g/mol. The standard InChI is InChI=1S/C35H46N2O4/c1-4-37(25-26-5-11-32(12-6-26)41-20-17-36(2)24-27-15-18-40-19-16-27)35-23-33(39-3)13-14-34(35)30-8-7-29-22-31(38)10-9-28(29)21-30/h5-6,9-14,22-23,27,30,38H,4,7-8,15-21,24-25H2,1-3H3/t30-/m1/s1. The predicted octanol–water partition coefficient (Wildman–Crippen LogP) is 6.44. The number of anilines is 1. The molecule has 0 saturated carbocycles. The summed E-state index contributed by atoms with van der Waals surface area (Å²) in [7, 11) is 3.92. The zero-order valence-corrected chi connectivity index (χ0v) is 25.0. The number of hydrogen-bond acceptors (Lipinski definition) is 6. The SMILES string of the molecule is CCN(Cc1ccc(OCCN(C)CC2CCOCC2)cc1)c1cc(OC)ccc1[C@@H]1CCc2cc(O)ccc2C1. The van der Waals surface area contributed by atoms with Gasteiger partial charge in [-0.2, -0.15) is 0 Å². The van der Waals surface area contributed by atoms with E-state index in [-0.39, 0.29) is 0 Å². The maximum absolute atomic E-state index is 9.92. The molecule has 220 valence electrons. The largest absolute Gasteiger partial charge is 0.508 e. The van der Waals surface area contributed by atoms with Crippen LogP contribution in [0.15, 0.2) is 60.7 Å². The molecule has 0 bridgehead atoms. The lowest BCUT2D eigenvalue weighted by Crippen LogP contribution is -2.32. The Morgan fingerprint density at radius 2 is 1.71 bits per heavy atom. The molecule has 1 N–H and O–H groups in total. The van der Waals surface area contributed by atoms with E-state index >= 15 is 0 Å². The number of fused-ring (bicyclic) bond motifs is 1. The maximum Gasteiger partial charge on any atom is 0.120 e. The first-order valence-corrected chi connectivity index (χ1v) is 15.2. The lowest BCUT2D eigenvalue weighted by Gasteiger charge is -2.32. The summed E-state index contributed by atoms with van der Waals surface area (Å²) in [6.07, 6.45) is 5.38. The fraction of sp³-hybridized carbons (Fsp3) is 0.486. The number of benzene rings is 3. The molecule has 0 spiro atoms. The van der Waals surface area contributed by atoms with Crippen LogP contribution in [0, 0.1) is 5.92 Å². The number of hydrogen-bond donors (Lipinski definition) is 1. The molecule has 1 aliphatic carbocycles. The van der Waals surface area contributed by atoms with Gasteiger partial charge in [-0.25, -0.2) is 0 Å². The molecule has 0 amide bonds. The Kier molecular flexibility index (Phi) is 10.1. The maximum atomic E-state index is 9.92. The van der Waals surface area contributed by atoms with E-state index in [4.69, 9.17) is 14.2 Å². The Hall–Kier alpha value is -3.22. The summed E-state index contributed by atoms with van der Waals surface area (Å²) in [5, 5.41) is 9.92. The Morgan fingerprint density at radius 1 is 0.927 bits per heavy atom. The first-order valence-electron chi connectivity index (χ1n) is 15.2. The van der Waals surface area contributed by atoms with Gasteiger partial charge in [-0.05, 0) is 110 Å². The summed E-state index contributed by atoms with van der Waals surface area (Å²) in [5.74, 6) is 3.34. The number of phenols is 1. The molecule has 6 nitrogen and oxygen atoms in total. The van der Waals surface area contributed by atoms with Gasteiger partial charge in [0.25, 0.3) is 0 Å². The smallest absolute Gasteiger partial charge is 0.120 e. The minimum absolute atomic E-state index is 0.360. The van der Waals surface area contributed by atoms with Crippen molar-refractivity contribution < 1.29 is 19.3 Å². The molecule has 41 heavy (non-hydrogen) atoms. The molecular formula is C35H46N2O4. The van der Waals surface area contributed by atoms with Gasteiger partial charge in [-0.3, -0.25) is 0 Å². The average molecular weight is 559 g/mol. The van der Waals surface area contributed by atoms with Gasteiger partial charge >= 0.3 is 0 Å². The number of aromatic hydroxyl groups is 1. The number of aryl methyl sites for hydroxylation is 1. The fourth-order valence-electron chi connectivity index (χ4n) is 6.34. The highest BCUT2D eigenvalue weighted by Crippen LogP contribution is 2.40. The van der Waals surface area contributed by atoms with E-state index < -0.39 is 0 Å². The van der Waals surface area contributed by atoms with Crippen LogP contribution in [-0.2, 0) is 24.1 Å². The van der Waals surface area contributed by atoms with Crippen molar-refractivity contribution in [3.8, 4) is 17.2 Å². The van der Waals surface area contributed by atoms with Gasteiger partial charge in [0.2, 0.25) is 0 Å². The lowest BCUT2D eigenvalue weighted by molar-refractivity contribution is 0.0543. The second-order valence-electron chi connectivity index (χ2n) is 11.6. The van der Waals surface area contributed by atoms with Gasteiger partial charge < -0.3 is 29.1 Å². The Morgan fingerprint density at radius 3 is 2.46 bits per heavy atom. The number of nitrogens with zero attached hydrogens (tertiary/aromatic N) is 2. The number of rotatable bonds is 12. The molecule has 2 aliphatic rings. The van der Waals surface area contributed by atoms with Gasteiger partial charge in [0.1, 0.15) is 23.9 Å². The van der Waals surface area contributed by atoms with Crippen LogP contribution in [0.5, 0.6) is 17.2 Å². The fourth-order valence-corrected chi connectivity index (χ4v) is 6.34. The molecule has 0 aromatic heterocycles. The van der Waals surface area contributed by atoms with Crippen molar-refractivity contribution in [2.75, 3.05) is 58.5 Å². The van der Waals surface area contributed by atoms with E-state index in [1.807, 2.05) is 12.1 Å². The van der Waals surface area contributed by atoms with E-state index in [1.54, 1.807) is 7.11 Å². The minimum Gasteiger partial charge on any atom is -0.508 e. The number of ether oxygens (including phenoxy) is 3. The number of likely N-dealkylation sites (N-methyl/N-ethyl adjacent to an activating group) is 1. The van der Waals surface area contributed by atoms with Gasteiger partial charge in [0.15, 0.2) is 0 Å². The van der Waals surface area contributed by atoms with Gasteiger partial charge in [-0.1, -0.05) is 24.3 Å². The molecule has 3 aromatic rings. The van der Waals surface area contributed by atoms with Crippen LogP contribution in [0.1, 0.15) is 54.4 Å². The van der Waals surface area contributed by atoms with Crippen LogP contribution in [0.2, 0.25) is 0 Å². The molecule has 1 fully saturated rings. The normalized spacial score (nSPS) is 17.3. The van der Waals surface area contributed by atoms with Crippen molar-refractivity contribution in [1.29, 1.82) is 0 Å². The van der Waals surface area contributed by atoms with E-state index in [0.717, 1.165) is 76.1 Å². The van der Waals surface area contributed by atoms with Crippen molar-refractivity contribution >= 4 is 5.69 Å². The van der Waals surface area contributed by atoms with Crippen molar-refractivity contribution in [3.05, 3.63) is 82.9 Å². The van der Waals surface area contributed by atoms with E-state index in [0.29, 0.717) is 18.3 Å². The van der Waals surface area contributed by atoms with Crippen LogP contribution < -0.4 is 14.4 Å². The molecule has 1 atom stereocenters. The van der Waals surface area contributed by atoms with E-state index in [9.17, 15) is 5.11 Å². The quantitative estimate of drug-likeness (QED) is 0.276. The first-order chi connectivity index (χ1) is 20.0. The topological polar surface area (TPSA) is 54.4 Å². The van der Waals surface area contributed by atoms with Crippen molar-refractivity contribution in [2.24, 2.45) is 5.92 Å². The summed E-state index contributed by atoms with van der Waals surface area (Å²) in [4.78, 5) is 4.83. The average Bonchev–Trinajstić information content (AvgIpc) is 3.00. The highest BCUT2D eigenvalue weighted by Gasteiger charge is 2.25. The zero-order chi connectivity index (χ0) is 28.6. The minimum atomic E-state index is 0.360. The summed E-state index contributed by atoms with van der Waals surface area (Å²) in [6.45, 7) is 8.47. The monoisotopic (exact) mass is 558 g/mol. The molecule has 1 heterocycles. The van der Waals surface area contributed by atoms with Crippen LogP contribution in [0.25, 0.3) is 0 Å². The number of methoxy groups -OCH3 is 1. The first kappa shape index (κ1) is 29.3. The van der Waals surface area contributed by atoms with Crippen LogP contribution >= 0.6 is 0 Å². The third kappa shape index (κ3) is 7.75. The molecule has 0 unspecified atom stereocenters. The van der Waals surface area contributed by atoms with Gasteiger partial charge in [-0.15, -0.1) is 0 Å². The van der Waals surface area contributed by atoms with Gasteiger partial charge in [0.05, 0.1) is 7.11 Å². The highest BCUT2D eigenvalue weighted by atomic mass is 16.5. The molecule has 1 saturated heterocycles. The van der Waals surface area contributed by atoms with E-state index in [1.165, 1.54) is 40.8 Å². The summed E-state index contributed by atoms with van der Waals surface area (Å²) in [5.41, 5.74) is 6.49. The van der Waals surface area contributed by atoms with Gasteiger partial charge in [0, 0.05) is 51.1 Å². The highest BCUT2D eigenvalue weighted by molar-refractivity contribution is 5.60. The van der Waals surface area contributed by atoms with Crippen LogP contribution in [-0.4, -0.2) is 63.6 Å². The second-order valence-corrected chi connectivity index (χ2v) is 11.6. The second kappa shape index (κ2) is 14.1. The lowest BCUT2D eigenvalue weighted by atomic mass is 9.79. The Labute approximate surface area is 245 Å². The van der Waals surface area contributed by atoms with Crippen LogP contribution in [0.3, 0.4) is 0 Å². The third-order valence-corrected chi connectivity index (χ3v) is 8.77. The molecule has 6 heteroatoms. The van der Waals surface area contributed by atoms with E-state index in [2.05, 4.69) is 72.3 Å². The predicted molar refractivity (Wildman–Crippen MR) is 166 cm³/mol. The molecule has 0 radical (unpaired) electrons. The summed E-state index contributed by atoms with van der Waals surface area (Å²) >= 11 is 0. The molecule has 3 aromatic carbocycles. The van der Waals surface area contributed by atoms with Crippen molar-refractivity contribution in [1.82, 2.24) is 4.90 Å². The Bertz CT molecular complexity index is 1260.